The van der Waals surface area contributed by atoms with E-state index in [0.717, 1.165) is 5.56 Å². The van der Waals surface area contributed by atoms with Crippen LogP contribution in [-0.2, 0) is 4.79 Å². The van der Waals surface area contributed by atoms with E-state index in [1.165, 1.54) is 12.1 Å². The molecule has 2 aromatic carbocycles. The maximum absolute atomic E-state index is 14.1. The van der Waals surface area contributed by atoms with Crippen LogP contribution in [0.3, 0.4) is 0 Å². The van der Waals surface area contributed by atoms with Gasteiger partial charge in [0, 0.05) is 16.1 Å². The molecule has 1 saturated heterocycles. The Hall–Kier alpha value is -2.31. The Balaban J connectivity index is 2.09. The lowest BCUT2D eigenvalue weighted by Crippen LogP contribution is -2.39. The number of ether oxygens (including phenoxy) is 2. The fraction of sp³-hybridized carbons (Fsp3) is 0.381. The Kier molecular flexibility index (Phi) is 6.42. The Labute approximate surface area is 168 Å². The van der Waals surface area contributed by atoms with Crippen LogP contribution in [-0.4, -0.2) is 43.3 Å². The van der Waals surface area contributed by atoms with Crippen molar-refractivity contribution in [3.05, 3.63) is 58.4 Å². The number of aliphatic carboxylic acids is 1. The summed E-state index contributed by atoms with van der Waals surface area (Å²) in [5.41, 5.74) is 1.43. The molecule has 0 aliphatic carbocycles. The maximum Gasteiger partial charge on any atom is 0.306 e. The van der Waals surface area contributed by atoms with Crippen LogP contribution in [0.4, 0.5) is 4.39 Å². The zero-order valence-electron chi connectivity index (χ0n) is 15.8. The summed E-state index contributed by atoms with van der Waals surface area (Å²) >= 11 is 6.26. The summed E-state index contributed by atoms with van der Waals surface area (Å²) < 4.78 is 25.2. The molecule has 7 heteroatoms. The molecule has 0 bridgehead atoms. The summed E-state index contributed by atoms with van der Waals surface area (Å²) in [5.74, 6) is -0.343. The third kappa shape index (κ3) is 4.23. The van der Waals surface area contributed by atoms with Gasteiger partial charge in [0.05, 0.1) is 26.2 Å². The summed E-state index contributed by atoms with van der Waals surface area (Å²) in [6.07, 6.45) is 1.04. The molecule has 1 aliphatic rings. The molecule has 1 unspecified atom stereocenters. The van der Waals surface area contributed by atoms with Gasteiger partial charge in [-0.3, -0.25) is 9.69 Å². The monoisotopic (exact) mass is 407 g/mol. The van der Waals surface area contributed by atoms with Gasteiger partial charge < -0.3 is 14.6 Å². The zero-order valence-corrected chi connectivity index (χ0v) is 16.6. The molecule has 1 aliphatic heterocycles. The van der Waals surface area contributed by atoms with Crippen molar-refractivity contribution in [1.29, 1.82) is 0 Å². The van der Waals surface area contributed by atoms with E-state index in [1.807, 2.05) is 0 Å². The van der Waals surface area contributed by atoms with E-state index in [2.05, 4.69) is 4.90 Å². The van der Waals surface area contributed by atoms with Crippen molar-refractivity contribution < 1.29 is 23.8 Å². The van der Waals surface area contributed by atoms with Crippen molar-refractivity contribution in [3.8, 4) is 11.5 Å². The third-order valence-electron chi connectivity index (χ3n) is 5.22. The summed E-state index contributed by atoms with van der Waals surface area (Å²) in [7, 11) is 3.11. The number of nitrogens with zero attached hydrogens (tertiary/aromatic N) is 1. The van der Waals surface area contributed by atoms with E-state index < -0.39 is 5.97 Å². The van der Waals surface area contributed by atoms with Crippen LogP contribution in [0.25, 0.3) is 0 Å². The fourth-order valence-corrected chi connectivity index (χ4v) is 3.98. The molecule has 150 valence electrons. The molecule has 0 saturated carbocycles. The van der Waals surface area contributed by atoms with Gasteiger partial charge in [-0.2, -0.15) is 0 Å². The second-order valence-electron chi connectivity index (χ2n) is 6.82. The van der Waals surface area contributed by atoms with Gasteiger partial charge in [-0.05, 0) is 62.3 Å². The van der Waals surface area contributed by atoms with Crippen molar-refractivity contribution in [2.45, 2.75) is 18.9 Å². The molecular weight excluding hydrogens is 385 g/mol. The normalized spacial score (nSPS) is 16.6. The summed E-state index contributed by atoms with van der Waals surface area (Å²) in [4.78, 5) is 13.5. The lowest BCUT2D eigenvalue weighted by molar-refractivity contribution is -0.143. The number of benzene rings is 2. The average molecular weight is 408 g/mol. The minimum Gasteiger partial charge on any atom is -0.496 e. The standard InChI is InChI=1S/C21H23ClFNO4/c1-27-18-5-3-14(22)11-16(18)20(17-12-15(23)4-6-19(17)28-2)24-9-7-13(8-10-24)21(25)26/h3-6,11-13,20H,7-10H2,1-2H3,(H,25,26). The molecule has 3 rings (SSSR count). The van der Waals surface area contributed by atoms with Crippen LogP contribution >= 0.6 is 11.6 Å². The molecule has 1 heterocycles. The summed E-state index contributed by atoms with van der Waals surface area (Å²) in [6.45, 7) is 1.11. The minimum atomic E-state index is -0.778. The lowest BCUT2D eigenvalue weighted by atomic mass is 9.90. The van der Waals surface area contributed by atoms with Crippen LogP contribution in [0, 0.1) is 11.7 Å². The fourth-order valence-electron chi connectivity index (χ4n) is 3.80. The van der Waals surface area contributed by atoms with Gasteiger partial charge in [0.2, 0.25) is 0 Å². The van der Waals surface area contributed by atoms with Crippen LogP contribution in [0.15, 0.2) is 36.4 Å². The van der Waals surface area contributed by atoms with E-state index in [9.17, 15) is 14.3 Å². The van der Waals surface area contributed by atoms with Gasteiger partial charge in [-0.1, -0.05) is 11.6 Å². The van der Waals surface area contributed by atoms with E-state index in [-0.39, 0.29) is 17.8 Å². The quantitative estimate of drug-likeness (QED) is 0.769. The summed E-state index contributed by atoms with van der Waals surface area (Å²) in [5, 5.41) is 9.85. The van der Waals surface area contributed by atoms with Crippen LogP contribution < -0.4 is 9.47 Å². The molecular formula is C21H23ClFNO4. The predicted molar refractivity (Wildman–Crippen MR) is 105 cm³/mol. The second-order valence-corrected chi connectivity index (χ2v) is 7.26. The first-order chi connectivity index (χ1) is 13.4. The number of piperidine rings is 1. The van der Waals surface area contributed by atoms with Crippen molar-refractivity contribution in [1.82, 2.24) is 4.90 Å². The highest BCUT2D eigenvalue weighted by atomic mass is 35.5. The zero-order chi connectivity index (χ0) is 20.3. The van der Waals surface area contributed by atoms with E-state index in [4.69, 9.17) is 21.1 Å². The number of rotatable bonds is 6. The van der Waals surface area contributed by atoms with Crippen LogP contribution in [0.2, 0.25) is 5.02 Å². The SMILES string of the molecule is COc1ccc(F)cc1C(c1cc(Cl)ccc1OC)N1CCC(C(=O)O)CC1. The van der Waals surface area contributed by atoms with E-state index in [0.29, 0.717) is 48.0 Å². The van der Waals surface area contributed by atoms with Gasteiger partial charge in [0.25, 0.3) is 0 Å². The molecule has 1 N–H and O–H groups in total. The second kappa shape index (κ2) is 8.80. The Morgan fingerprint density at radius 2 is 1.68 bits per heavy atom. The first-order valence-corrected chi connectivity index (χ1v) is 9.46. The third-order valence-corrected chi connectivity index (χ3v) is 5.45. The predicted octanol–water partition coefficient (Wildman–Crippen LogP) is 4.38. The largest absolute Gasteiger partial charge is 0.496 e. The molecule has 0 amide bonds. The highest BCUT2D eigenvalue weighted by Gasteiger charge is 2.33. The van der Waals surface area contributed by atoms with Crippen molar-refractivity contribution >= 4 is 17.6 Å². The number of hydrogen-bond acceptors (Lipinski definition) is 4. The number of carboxylic acid groups (broad SMARTS) is 1. The Bertz CT molecular complexity index is 799. The number of likely N-dealkylation sites (tertiary alicyclic amines) is 1. The number of methoxy groups -OCH3 is 2. The van der Waals surface area contributed by atoms with Gasteiger partial charge in [-0.25, -0.2) is 4.39 Å². The van der Waals surface area contributed by atoms with Crippen molar-refractivity contribution in [2.75, 3.05) is 27.3 Å². The smallest absolute Gasteiger partial charge is 0.306 e. The van der Waals surface area contributed by atoms with E-state index in [1.54, 1.807) is 38.5 Å². The van der Waals surface area contributed by atoms with Gasteiger partial charge in [-0.15, -0.1) is 0 Å². The van der Waals surface area contributed by atoms with Crippen molar-refractivity contribution in [3.63, 3.8) is 0 Å². The molecule has 0 spiro atoms. The van der Waals surface area contributed by atoms with E-state index >= 15 is 0 Å². The molecule has 0 aromatic heterocycles. The first-order valence-electron chi connectivity index (χ1n) is 9.08. The molecule has 1 fully saturated rings. The maximum atomic E-state index is 14.1. The molecule has 28 heavy (non-hydrogen) atoms. The summed E-state index contributed by atoms with van der Waals surface area (Å²) in [6, 6.07) is 9.34. The molecule has 1 atom stereocenters. The van der Waals surface area contributed by atoms with Crippen LogP contribution in [0.1, 0.15) is 30.0 Å². The minimum absolute atomic E-state index is 0.368. The molecule has 2 aromatic rings. The highest BCUT2D eigenvalue weighted by Crippen LogP contribution is 2.41. The lowest BCUT2D eigenvalue weighted by Gasteiger charge is -2.38. The number of carbonyl (C=O) groups is 1. The van der Waals surface area contributed by atoms with Crippen molar-refractivity contribution in [2.24, 2.45) is 5.92 Å². The molecule has 5 nitrogen and oxygen atoms in total. The number of halogens is 2. The number of hydrogen-bond donors (Lipinski definition) is 1. The molecule has 0 radical (unpaired) electrons. The highest BCUT2D eigenvalue weighted by molar-refractivity contribution is 6.30. The Morgan fingerprint density at radius 3 is 2.25 bits per heavy atom. The van der Waals surface area contributed by atoms with Gasteiger partial charge >= 0.3 is 5.97 Å². The Morgan fingerprint density at radius 1 is 1.11 bits per heavy atom. The first kappa shape index (κ1) is 20.4. The topological polar surface area (TPSA) is 59.0 Å². The van der Waals surface area contributed by atoms with Gasteiger partial charge in [0.1, 0.15) is 17.3 Å². The average Bonchev–Trinajstić information content (AvgIpc) is 2.69. The van der Waals surface area contributed by atoms with Crippen LogP contribution in [0.5, 0.6) is 11.5 Å². The number of carboxylic acids is 1. The van der Waals surface area contributed by atoms with Gasteiger partial charge in [0.15, 0.2) is 0 Å².